The van der Waals surface area contributed by atoms with Crippen LogP contribution in [0.3, 0.4) is 0 Å². The number of rotatable bonds is 5. The number of hydrogen-bond donors (Lipinski definition) is 2. The van der Waals surface area contributed by atoms with Crippen molar-refractivity contribution in [1.29, 1.82) is 0 Å². The molecule has 19 heavy (non-hydrogen) atoms. The number of benzene rings is 1. The second kappa shape index (κ2) is 5.81. The van der Waals surface area contributed by atoms with Crippen LogP contribution in [0.1, 0.15) is 31.2 Å². The molecule has 0 spiro atoms. The number of halogens is 1. The summed E-state index contributed by atoms with van der Waals surface area (Å²) in [5.74, 6) is 0. The van der Waals surface area contributed by atoms with Crippen molar-refractivity contribution in [3.63, 3.8) is 0 Å². The Balaban J connectivity index is 1.81. The van der Waals surface area contributed by atoms with E-state index in [9.17, 15) is 5.11 Å². The van der Waals surface area contributed by atoms with Crippen LogP contribution in [-0.4, -0.2) is 30.3 Å². The summed E-state index contributed by atoms with van der Waals surface area (Å²) in [4.78, 5) is 2.37. The van der Waals surface area contributed by atoms with Crippen LogP contribution < -0.4 is 10.2 Å². The van der Waals surface area contributed by atoms with Gasteiger partial charge >= 0.3 is 0 Å². The lowest BCUT2D eigenvalue weighted by molar-refractivity contribution is 0.266. The molecule has 1 unspecified atom stereocenters. The molecule has 4 heteroatoms. The maximum absolute atomic E-state index is 9.52. The fourth-order valence-corrected chi connectivity index (χ4v) is 3.19. The summed E-state index contributed by atoms with van der Waals surface area (Å²) < 4.78 is 1.11. The van der Waals surface area contributed by atoms with E-state index < -0.39 is 0 Å². The Hall–Kier alpha value is -0.580. The van der Waals surface area contributed by atoms with Gasteiger partial charge in [-0.25, -0.2) is 0 Å². The quantitative estimate of drug-likeness (QED) is 0.874. The molecule has 104 valence electrons. The van der Waals surface area contributed by atoms with Gasteiger partial charge in [-0.15, -0.1) is 0 Å². The Morgan fingerprint density at radius 1 is 1.32 bits per heavy atom. The molecule has 1 saturated carbocycles. The van der Waals surface area contributed by atoms with E-state index in [-0.39, 0.29) is 12.6 Å². The predicted molar refractivity (Wildman–Crippen MR) is 81.5 cm³/mol. The highest BCUT2D eigenvalue weighted by Crippen LogP contribution is 2.31. The Morgan fingerprint density at radius 2 is 2.16 bits per heavy atom. The first-order valence-corrected chi connectivity index (χ1v) is 7.96. The Kier molecular flexibility index (Phi) is 4.10. The maximum atomic E-state index is 9.52. The van der Waals surface area contributed by atoms with Gasteiger partial charge in [0, 0.05) is 29.3 Å². The lowest BCUT2D eigenvalue weighted by Gasteiger charge is -2.28. The van der Waals surface area contributed by atoms with E-state index in [1.807, 2.05) is 0 Å². The molecule has 1 atom stereocenters. The fraction of sp³-hybridized carbons (Fsp3) is 0.600. The number of aliphatic hydroxyl groups excluding tert-OH is 1. The number of nitrogens with one attached hydrogen (secondary N) is 1. The third kappa shape index (κ3) is 3.12. The molecular weight excluding hydrogens is 304 g/mol. The van der Waals surface area contributed by atoms with Crippen LogP contribution >= 0.6 is 15.9 Å². The molecule has 3 rings (SSSR count). The highest BCUT2D eigenvalue weighted by Gasteiger charge is 2.26. The SMILES string of the molecule is OCC1CCCN1c1cc(Br)ccc1CNC1CC1. The second-order valence-corrected chi connectivity index (χ2v) is 6.52. The van der Waals surface area contributed by atoms with Crippen LogP contribution in [-0.2, 0) is 6.54 Å². The van der Waals surface area contributed by atoms with Crippen molar-refractivity contribution in [2.24, 2.45) is 0 Å². The zero-order valence-electron chi connectivity index (χ0n) is 11.1. The normalized spacial score (nSPS) is 23.1. The van der Waals surface area contributed by atoms with E-state index in [4.69, 9.17) is 0 Å². The van der Waals surface area contributed by atoms with Gasteiger partial charge in [-0.1, -0.05) is 22.0 Å². The number of nitrogens with zero attached hydrogens (tertiary/aromatic N) is 1. The summed E-state index contributed by atoms with van der Waals surface area (Å²) in [5.41, 5.74) is 2.62. The average molecular weight is 325 g/mol. The summed E-state index contributed by atoms with van der Waals surface area (Å²) in [6, 6.07) is 7.51. The van der Waals surface area contributed by atoms with Gasteiger partial charge < -0.3 is 15.3 Å². The highest BCUT2D eigenvalue weighted by atomic mass is 79.9. The molecule has 1 saturated heterocycles. The van der Waals surface area contributed by atoms with Gasteiger partial charge in [-0.2, -0.15) is 0 Å². The smallest absolute Gasteiger partial charge is 0.0635 e. The molecule has 2 fully saturated rings. The second-order valence-electron chi connectivity index (χ2n) is 5.60. The topological polar surface area (TPSA) is 35.5 Å². The van der Waals surface area contributed by atoms with Crippen LogP contribution in [0, 0.1) is 0 Å². The minimum absolute atomic E-state index is 0.252. The first kappa shape index (κ1) is 13.4. The van der Waals surface area contributed by atoms with E-state index in [1.54, 1.807) is 0 Å². The van der Waals surface area contributed by atoms with Gasteiger partial charge in [-0.3, -0.25) is 0 Å². The molecule has 1 aliphatic heterocycles. The largest absolute Gasteiger partial charge is 0.394 e. The molecule has 2 N–H and O–H groups in total. The molecule has 0 bridgehead atoms. The van der Waals surface area contributed by atoms with Crippen molar-refractivity contribution < 1.29 is 5.11 Å². The summed E-state index contributed by atoms with van der Waals surface area (Å²) in [6.07, 6.45) is 4.90. The third-order valence-corrected chi connectivity index (χ3v) is 4.60. The van der Waals surface area contributed by atoms with Crippen molar-refractivity contribution in [1.82, 2.24) is 5.32 Å². The Bertz CT molecular complexity index is 448. The van der Waals surface area contributed by atoms with Crippen LogP contribution in [0.4, 0.5) is 5.69 Å². The molecule has 0 amide bonds. The van der Waals surface area contributed by atoms with Crippen molar-refractivity contribution in [3.05, 3.63) is 28.2 Å². The molecule has 0 aromatic heterocycles. The van der Waals surface area contributed by atoms with Gasteiger partial charge in [0.1, 0.15) is 0 Å². The molecule has 1 heterocycles. The van der Waals surface area contributed by atoms with Crippen LogP contribution in [0.5, 0.6) is 0 Å². The van der Waals surface area contributed by atoms with Crippen LogP contribution in [0.15, 0.2) is 22.7 Å². The molecule has 1 aromatic rings. The van der Waals surface area contributed by atoms with Gasteiger partial charge in [-0.05, 0) is 43.4 Å². The zero-order valence-corrected chi connectivity index (χ0v) is 12.7. The van der Waals surface area contributed by atoms with Crippen molar-refractivity contribution in [3.8, 4) is 0 Å². The van der Waals surface area contributed by atoms with E-state index >= 15 is 0 Å². The fourth-order valence-electron chi connectivity index (χ4n) is 2.84. The highest BCUT2D eigenvalue weighted by molar-refractivity contribution is 9.10. The van der Waals surface area contributed by atoms with Crippen LogP contribution in [0.25, 0.3) is 0 Å². The summed E-state index contributed by atoms with van der Waals surface area (Å²) in [7, 11) is 0. The van der Waals surface area contributed by atoms with Crippen molar-refractivity contribution in [2.45, 2.75) is 44.3 Å². The molecule has 1 aromatic carbocycles. The van der Waals surface area contributed by atoms with Crippen LogP contribution in [0.2, 0.25) is 0 Å². The zero-order chi connectivity index (χ0) is 13.2. The molecule has 2 aliphatic rings. The average Bonchev–Trinajstić information content (AvgIpc) is 3.12. The van der Waals surface area contributed by atoms with Crippen molar-refractivity contribution >= 4 is 21.6 Å². The summed E-state index contributed by atoms with van der Waals surface area (Å²) in [6.45, 7) is 2.24. The third-order valence-electron chi connectivity index (χ3n) is 4.10. The van der Waals surface area contributed by atoms with Crippen molar-refractivity contribution in [2.75, 3.05) is 18.1 Å². The molecule has 1 aliphatic carbocycles. The first-order valence-electron chi connectivity index (χ1n) is 7.17. The minimum atomic E-state index is 0.252. The van der Waals surface area contributed by atoms with E-state index in [0.717, 1.165) is 30.0 Å². The lowest BCUT2D eigenvalue weighted by Crippen LogP contribution is -2.33. The van der Waals surface area contributed by atoms with Gasteiger partial charge in [0.05, 0.1) is 12.6 Å². The number of hydrogen-bond acceptors (Lipinski definition) is 3. The molecule has 3 nitrogen and oxygen atoms in total. The predicted octanol–water partition coefficient (Wildman–Crippen LogP) is 2.66. The lowest BCUT2D eigenvalue weighted by atomic mass is 10.1. The van der Waals surface area contributed by atoms with E-state index in [0.29, 0.717) is 0 Å². The van der Waals surface area contributed by atoms with Gasteiger partial charge in [0.2, 0.25) is 0 Å². The molecule has 0 radical (unpaired) electrons. The Morgan fingerprint density at radius 3 is 2.89 bits per heavy atom. The number of anilines is 1. The summed E-state index contributed by atoms with van der Waals surface area (Å²) in [5, 5.41) is 13.1. The minimum Gasteiger partial charge on any atom is -0.394 e. The molecular formula is C15H21BrN2O. The monoisotopic (exact) mass is 324 g/mol. The maximum Gasteiger partial charge on any atom is 0.0635 e. The first-order chi connectivity index (χ1) is 9.28. The Labute approximate surface area is 123 Å². The van der Waals surface area contributed by atoms with Gasteiger partial charge in [0.25, 0.3) is 0 Å². The van der Waals surface area contributed by atoms with E-state index in [1.165, 1.54) is 30.5 Å². The summed E-state index contributed by atoms with van der Waals surface area (Å²) >= 11 is 3.57. The standard InChI is InChI=1S/C15H21BrN2O/c16-12-4-3-11(9-17-13-5-6-13)15(8-12)18-7-1-2-14(18)10-19/h3-4,8,13-14,17,19H,1-2,5-7,9-10H2. The number of aliphatic hydroxyl groups is 1. The van der Waals surface area contributed by atoms with Gasteiger partial charge in [0.15, 0.2) is 0 Å². The van der Waals surface area contributed by atoms with E-state index in [2.05, 4.69) is 44.3 Å².